The van der Waals surface area contributed by atoms with Gasteiger partial charge in [0, 0.05) is 11.3 Å². The van der Waals surface area contributed by atoms with Crippen LogP contribution in [0.2, 0.25) is 0 Å². The smallest absolute Gasteiger partial charge is 0.255 e. The maximum Gasteiger partial charge on any atom is 0.255 e. The number of nitrogens with zero attached hydrogens (tertiary/aromatic N) is 2. The Kier molecular flexibility index (Phi) is 5.16. The van der Waals surface area contributed by atoms with Gasteiger partial charge in [0.25, 0.3) is 5.91 Å². The van der Waals surface area contributed by atoms with E-state index in [4.69, 9.17) is 0 Å². The molecule has 1 heterocycles. The molecule has 2 aromatic carbocycles. The Labute approximate surface area is 193 Å². The number of hydrogen-bond acceptors (Lipinski definition) is 3. The molecule has 0 saturated heterocycles. The molecule has 6 nitrogen and oxygen atoms in total. The molecule has 0 aliphatic heterocycles. The first-order valence-corrected chi connectivity index (χ1v) is 11.4. The van der Waals surface area contributed by atoms with Gasteiger partial charge in [-0.3, -0.25) is 9.59 Å². The molecule has 6 heteroatoms. The predicted octanol–water partition coefficient (Wildman–Crippen LogP) is 5.28. The lowest BCUT2D eigenvalue weighted by molar-refractivity contribution is -0.126. The first-order chi connectivity index (χ1) is 15.8. The fraction of sp³-hybridized carbons (Fsp3) is 0.296. The van der Waals surface area contributed by atoms with Crippen molar-refractivity contribution in [2.75, 3.05) is 10.6 Å². The molecule has 0 unspecified atom stereocenters. The maximum absolute atomic E-state index is 13.1. The van der Waals surface area contributed by atoms with E-state index in [-0.39, 0.29) is 11.8 Å². The number of amides is 2. The van der Waals surface area contributed by atoms with E-state index >= 15 is 0 Å². The summed E-state index contributed by atoms with van der Waals surface area (Å²) in [4.78, 5) is 26.1. The summed E-state index contributed by atoms with van der Waals surface area (Å²) >= 11 is 0. The molecule has 3 atom stereocenters. The molecule has 2 aliphatic rings. The lowest BCUT2D eigenvalue weighted by Crippen LogP contribution is -2.36. The van der Waals surface area contributed by atoms with E-state index in [1.54, 1.807) is 18.2 Å². The molecule has 0 spiro atoms. The molecule has 2 bridgehead atoms. The molecular formula is C27H28N4O2. The molecule has 1 fully saturated rings. The Morgan fingerprint density at radius 2 is 1.82 bits per heavy atom. The van der Waals surface area contributed by atoms with E-state index in [9.17, 15) is 9.59 Å². The number of fused-ring (bicyclic) bond motifs is 2. The minimum Gasteiger partial charge on any atom is -0.326 e. The number of allylic oxidation sites excluding steroid dienone is 2. The molecule has 33 heavy (non-hydrogen) atoms. The number of anilines is 2. The Morgan fingerprint density at radius 1 is 1.03 bits per heavy atom. The van der Waals surface area contributed by atoms with Crippen molar-refractivity contribution in [1.82, 2.24) is 9.78 Å². The SMILES string of the molecule is Cc1nn(-c2ccccc2)c(C)c1NC(=O)c1cccc(NC(=O)[C@]2(C)C[C@H]3C=C[C@H]2C3)c1. The van der Waals surface area contributed by atoms with Crippen molar-refractivity contribution >= 4 is 23.2 Å². The van der Waals surface area contributed by atoms with Crippen LogP contribution in [-0.4, -0.2) is 21.6 Å². The van der Waals surface area contributed by atoms with Crippen LogP contribution in [-0.2, 0) is 4.79 Å². The summed E-state index contributed by atoms with van der Waals surface area (Å²) in [6.07, 6.45) is 6.35. The van der Waals surface area contributed by atoms with Crippen molar-refractivity contribution in [1.29, 1.82) is 0 Å². The third-order valence-corrected chi connectivity index (χ3v) is 7.11. The minimum atomic E-state index is -0.391. The van der Waals surface area contributed by atoms with Gasteiger partial charge in [-0.15, -0.1) is 0 Å². The van der Waals surface area contributed by atoms with Gasteiger partial charge in [-0.05, 0) is 68.9 Å². The van der Waals surface area contributed by atoms with Crippen molar-refractivity contribution in [3.05, 3.63) is 83.7 Å². The average molecular weight is 441 g/mol. The Morgan fingerprint density at radius 3 is 2.52 bits per heavy atom. The van der Waals surface area contributed by atoms with Gasteiger partial charge < -0.3 is 10.6 Å². The number of para-hydroxylation sites is 1. The highest BCUT2D eigenvalue weighted by Crippen LogP contribution is 2.52. The van der Waals surface area contributed by atoms with Crippen LogP contribution in [0.25, 0.3) is 5.69 Å². The van der Waals surface area contributed by atoms with E-state index in [0.29, 0.717) is 28.8 Å². The highest BCUT2D eigenvalue weighted by Gasteiger charge is 2.49. The van der Waals surface area contributed by atoms with Crippen LogP contribution < -0.4 is 10.6 Å². The number of benzene rings is 2. The summed E-state index contributed by atoms with van der Waals surface area (Å²) in [5.41, 5.74) is 3.95. The Balaban J connectivity index is 1.33. The first-order valence-electron chi connectivity index (χ1n) is 11.4. The van der Waals surface area contributed by atoms with Crippen LogP contribution >= 0.6 is 0 Å². The van der Waals surface area contributed by atoms with E-state index in [2.05, 4.69) is 27.9 Å². The zero-order valence-corrected chi connectivity index (χ0v) is 19.1. The maximum atomic E-state index is 13.1. The molecule has 168 valence electrons. The number of rotatable bonds is 5. The van der Waals surface area contributed by atoms with Crippen LogP contribution in [0.5, 0.6) is 0 Å². The van der Waals surface area contributed by atoms with Crippen molar-refractivity contribution in [2.24, 2.45) is 17.3 Å². The molecule has 5 rings (SSSR count). The number of carbonyl (C=O) groups excluding carboxylic acids is 2. The second-order valence-corrected chi connectivity index (χ2v) is 9.39. The van der Waals surface area contributed by atoms with Gasteiger partial charge in [0.1, 0.15) is 0 Å². The standard InChI is InChI=1S/C27H28N4O2/c1-17-24(18(2)31(30-17)23-10-5-4-6-11-23)29-25(32)20-8-7-9-22(15-20)28-26(33)27(3)16-19-12-13-21(27)14-19/h4-13,15,19,21H,14,16H2,1-3H3,(H,28,33)(H,29,32)/t19-,21-,27+/m0/s1. The van der Waals surface area contributed by atoms with Gasteiger partial charge in [0.15, 0.2) is 0 Å². The van der Waals surface area contributed by atoms with Crippen LogP contribution in [0.1, 0.15) is 41.5 Å². The fourth-order valence-corrected chi connectivity index (χ4v) is 5.20. The highest BCUT2D eigenvalue weighted by molar-refractivity contribution is 6.06. The van der Waals surface area contributed by atoms with Crippen molar-refractivity contribution < 1.29 is 9.59 Å². The van der Waals surface area contributed by atoms with Crippen LogP contribution in [0.15, 0.2) is 66.7 Å². The van der Waals surface area contributed by atoms with Crippen molar-refractivity contribution in [3.8, 4) is 5.69 Å². The topological polar surface area (TPSA) is 76.0 Å². The van der Waals surface area contributed by atoms with E-state index in [0.717, 1.165) is 29.9 Å². The molecule has 2 amide bonds. The highest BCUT2D eigenvalue weighted by atomic mass is 16.2. The van der Waals surface area contributed by atoms with Crippen LogP contribution in [0.4, 0.5) is 11.4 Å². The van der Waals surface area contributed by atoms with E-state index < -0.39 is 5.41 Å². The molecular weight excluding hydrogens is 412 g/mol. The summed E-state index contributed by atoms with van der Waals surface area (Å²) in [5.74, 6) is 0.582. The lowest BCUT2D eigenvalue weighted by Gasteiger charge is -2.29. The average Bonchev–Trinajstić information content (AvgIpc) is 3.49. The number of aryl methyl sites for hydroxylation is 1. The second kappa shape index (κ2) is 8.03. The Bertz CT molecular complexity index is 1260. The number of carbonyl (C=O) groups is 2. The van der Waals surface area contributed by atoms with Crippen molar-refractivity contribution in [2.45, 2.75) is 33.6 Å². The monoisotopic (exact) mass is 440 g/mol. The molecule has 1 aromatic heterocycles. The summed E-state index contributed by atoms with van der Waals surface area (Å²) in [5, 5.41) is 10.6. The minimum absolute atomic E-state index is 0.0211. The second-order valence-electron chi connectivity index (χ2n) is 9.39. The number of hydrogen-bond donors (Lipinski definition) is 2. The van der Waals surface area contributed by atoms with E-state index in [1.165, 1.54) is 0 Å². The zero-order chi connectivity index (χ0) is 23.2. The third-order valence-electron chi connectivity index (χ3n) is 7.11. The summed E-state index contributed by atoms with van der Waals surface area (Å²) in [7, 11) is 0. The fourth-order valence-electron chi connectivity index (χ4n) is 5.20. The van der Waals surface area contributed by atoms with Crippen LogP contribution in [0, 0.1) is 31.1 Å². The number of nitrogens with one attached hydrogen (secondary N) is 2. The van der Waals surface area contributed by atoms with Gasteiger partial charge in [0.05, 0.1) is 28.2 Å². The molecule has 0 radical (unpaired) electrons. The van der Waals surface area contributed by atoms with Gasteiger partial charge in [0.2, 0.25) is 5.91 Å². The van der Waals surface area contributed by atoms with Crippen molar-refractivity contribution in [3.63, 3.8) is 0 Å². The summed E-state index contributed by atoms with van der Waals surface area (Å²) in [6.45, 7) is 5.86. The Hall–Kier alpha value is -3.67. The third kappa shape index (κ3) is 3.75. The zero-order valence-electron chi connectivity index (χ0n) is 19.1. The van der Waals surface area contributed by atoms with Gasteiger partial charge >= 0.3 is 0 Å². The summed E-state index contributed by atoms with van der Waals surface area (Å²) in [6, 6.07) is 16.9. The van der Waals surface area contributed by atoms with Gasteiger partial charge in [-0.1, -0.05) is 43.3 Å². The quantitative estimate of drug-likeness (QED) is 0.530. The molecule has 1 saturated carbocycles. The van der Waals surface area contributed by atoms with Gasteiger partial charge in [-0.25, -0.2) is 4.68 Å². The summed E-state index contributed by atoms with van der Waals surface area (Å²) < 4.78 is 1.83. The number of aromatic nitrogens is 2. The van der Waals surface area contributed by atoms with E-state index in [1.807, 2.05) is 61.9 Å². The first kappa shape index (κ1) is 21.2. The lowest BCUT2D eigenvalue weighted by atomic mass is 9.77. The largest absolute Gasteiger partial charge is 0.326 e. The molecule has 3 aromatic rings. The molecule has 2 N–H and O–H groups in total. The van der Waals surface area contributed by atoms with Crippen LogP contribution in [0.3, 0.4) is 0 Å². The molecule has 2 aliphatic carbocycles. The predicted molar refractivity (Wildman–Crippen MR) is 130 cm³/mol. The van der Waals surface area contributed by atoms with Gasteiger partial charge in [-0.2, -0.15) is 5.10 Å². The normalized spacial score (nSPS) is 23.0.